The van der Waals surface area contributed by atoms with Gasteiger partial charge in [0.2, 0.25) is 0 Å². The summed E-state index contributed by atoms with van der Waals surface area (Å²) < 4.78 is 2.29. The van der Waals surface area contributed by atoms with Gasteiger partial charge in [0.25, 0.3) is 0 Å². The first kappa shape index (κ1) is 25.2. The topological polar surface area (TPSA) is 12.9 Å². The molecular weight excluding hydrogens is 594 g/mol. The van der Waals surface area contributed by atoms with Crippen molar-refractivity contribution < 1.29 is 0 Å². The number of halogens is 1. The number of aromatic nitrogens is 1. The van der Waals surface area contributed by atoms with Gasteiger partial charge in [-0.2, -0.15) is 0 Å². The van der Waals surface area contributed by atoms with Gasteiger partial charge in [0.1, 0.15) is 5.01 Å². The van der Waals surface area contributed by atoms with Gasteiger partial charge in [-0.1, -0.05) is 137 Å². The number of fused-ring (bicyclic) bond motifs is 3. The summed E-state index contributed by atoms with van der Waals surface area (Å²) in [5, 5.41) is 6.03. The average Bonchev–Trinajstić information content (AvgIpc) is 3.49. The van der Waals surface area contributed by atoms with Crippen LogP contribution in [0.15, 0.2) is 150 Å². The largest absolute Gasteiger partial charge is 0.236 e. The van der Waals surface area contributed by atoms with Crippen molar-refractivity contribution >= 4 is 59.0 Å². The Morgan fingerprint density at radius 2 is 0.952 bits per heavy atom. The molecule has 0 N–H and O–H groups in total. The maximum absolute atomic E-state index is 4.88. The summed E-state index contributed by atoms with van der Waals surface area (Å²) in [5.41, 5.74) is 9.58. The summed E-state index contributed by atoms with van der Waals surface area (Å²) in [4.78, 5) is 4.88. The molecule has 8 rings (SSSR count). The number of rotatable bonds is 4. The highest BCUT2D eigenvalue weighted by atomic mass is 79.9. The molecule has 0 amide bonds. The summed E-state index contributed by atoms with van der Waals surface area (Å²) in [6.07, 6.45) is 0. The number of nitrogens with zero attached hydrogens (tertiary/aromatic N) is 1. The van der Waals surface area contributed by atoms with Crippen LogP contribution in [0.5, 0.6) is 0 Å². The lowest BCUT2D eigenvalue weighted by atomic mass is 9.85. The van der Waals surface area contributed by atoms with E-state index in [0.29, 0.717) is 0 Å². The lowest BCUT2D eigenvalue weighted by Crippen LogP contribution is -1.91. The maximum atomic E-state index is 4.88. The molecule has 42 heavy (non-hydrogen) atoms. The molecule has 0 unspecified atom stereocenters. The van der Waals surface area contributed by atoms with Crippen LogP contribution in [0.4, 0.5) is 0 Å². The highest BCUT2D eigenvalue weighted by molar-refractivity contribution is 9.10. The van der Waals surface area contributed by atoms with Crippen LogP contribution in [0.3, 0.4) is 0 Å². The van der Waals surface area contributed by atoms with E-state index in [1.807, 2.05) is 6.07 Å². The van der Waals surface area contributed by atoms with E-state index in [4.69, 9.17) is 4.98 Å². The van der Waals surface area contributed by atoms with Crippen LogP contribution >= 0.6 is 27.3 Å². The molecule has 1 heterocycles. The summed E-state index contributed by atoms with van der Waals surface area (Å²) in [5.74, 6) is 0. The predicted molar refractivity (Wildman–Crippen MR) is 184 cm³/mol. The standard InChI is InChI=1S/C39H24BrNS/c40-30-22-23-33-34(24-30)38(28-18-20-29(21-19-28)39-41-35-12-6-7-13-36(35)42-39)32-11-5-4-10-31(32)37(33)27-16-14-26(15-17-27)25-8-2-1-3-9-25/h1-24H. The molecule has 198 valence electrons. The third-order valence-corrected chi connectivity index (χ3v) is 9.56. The molecule has 7 aromatic carbocycles. The molecule has 0 saturated carbocycles. The first-order chi connectivity index (χ1) is 20.7. The third kappa shape index (κ3) is 4.34. The summed E-state index contributed by atoms with van der Waals surface area (Å²) >= 11 is 5.51. The fourth-order valence-electron chi connectivity index (χ4n) is 6.01. The molecule has 0 saturated heterocycles. The van der Waals surface area contributed by atoms with Gasteiger partial charge in [-0.05, 0) is 79.2 Å². The first-order valence-electron chi connectivity index (χ1n) is 14.0. The number of hydrogen-bond donors (Lipinski definition) is 0. The van der Waals surface area contributed by atoms with Gasteiger partial charge < -0.3 is 0 Å². The van der Waals surface area contributed by atoms with Gasteiger partial charge >= 0.3 is 0 Å². The van der Waals surface area contributed by atoms with Crippen LogP contribution < -0.4 is 0 Å². The molecule has 1 aromatic heterocycles. The molecule has 0 atom stereocenters. The van der Waals surface area contributed by atoms with E-state index in [0.717, 1.165) is 20.6 Å². The number of thiazole rings is 1. The molecule has 0 aliphatic heterocycles. The van der Waals surface area contributed by atoms with Gasteiger partial charge in [-0.15, -0.1) is 11.3 Å². The Morgan fingerprint density at radius 3 is 1.64 bits per heavy atom. The zero-order chi connectivity index (χ0) is 28.0. The zero-order valence-corrected chi connectivity index (χ0v) is 25.0. The van der Waals surface area contributed by atoms with Crippen molar-refractivity contribution in [1.82, 2.24) is 4.98 Å². The quantitative estimate of drug-likeness (QED) is 0.179. The van der Waals surface area contributed by atoms with Crippen molar-refractivity contribution in [3.8, 4) is 44.0 Å². The molecule has 0 fully saturated rings. The Balaban J connectivity index is 1.31. The monoisotopic (exact) mass is 617 g/mol. The number of benzene rings is 7. The smallest absolute Gasteiger partial charge is 0.124 e. The molecule has 0 bridgehead atoms. The average molecular weight is 619 g/mol. The molecule has 0 radical (unpaired) electrons. The molecule has 8 aromatic rings. The Labute approximate surface area is 256 Å². The van der Waals surface area contributed by atoms with Crippen LogP contribution in [-0.4, -0.2) is 4.98 Å². The van der Waals surface area contributed by atoms with Crippen LogP contribution in [0, 0.1) is 0 Å². The minimum absolute atomic E-state index is 1.05. The van der Waals surface area contributed by atoms with E-state index in [1.165, 1.54) is 59.6 Å². The fourth-order valence-corrected chi connectivity index (χ4v) is 7.34. The molecular formula is C39H24BrNS. The third-order valence-electron chi connectivity index (χ3n) is 7.98. The van der Waals surface area contributed by atoms with Crippen LogP contribution in [0.1, 0.15) is 0 Å². The van der Waals surface area contributed by atoms with Gasteiger partial charge in [-0.25, -0.2) is 4.98 Å². The van der Waals surface area contributed by atoms with E-state index in [1.54, 1.807) is 11.3 Å². The van der Waals surface area contributed by atoms with Gasteiger partial charge in [0.15, 0.2) is 0 Å². The van der Waals surface area contributed by atoms with E-state index >= 15 is 0 Å². The first-order valence-corrected chi connectivity index (χ1v) is 15.6. The Kier molecular flexibility index (Phi) is 6.21. The zero-order valence-electron chi connectivity index (χ0n) is 22.6. The van der Waals surface area contributed by atoms with Crippen molar-refractivity contribution in [2.45, 2.75) is 0 Å². The van der Waals surface area contributed by atoms with Gasteiger partial charge in [-0.3, -0.25) is 0 Å². The molecule has 3 heteroatoms. The predicted octanol–water partition coefficient (Wildman–Crippen LogP) is 12.0. The van der Waals surface area contributed by atoms with E-state index < -0.39 is 0 Å². The highest BCUT2D eigenvalue weighted by Crippen LogP contribution is 2.45. The molecule has 0 spiro atoms. The summed E-state index contributed by atoms with van der Waals surface area (Å²) in [7, 11) is 0. The summed E-state index contributed by atoms with van der Waals surface area (Å²) in [6, 6.07) is 52.3. The van der Waals surface area contributed by atoms with E-state index in [2.05, 4.69) is 155 Å². The molecule has 1 nitrogen and oxygen atoms in total. The van der Waals surface area contributed by atoms with Gasteiger partial charge in [0.05, 0.1) is 10.2 Å². The fraction of sp³-hybridized carbons (Fsp3) is 0. The Morgan fingerprint density at radius 1 is 0.429 bits per heavy atom. The number of para-hydroxylation sites is 1. The minimum atomic E-state index is 1.05. The summed E-state index contributed by atoms with van der Waals surface area (Å²) in [6.45, 7) is 0. The number of hydrogen-bond acceptors (Lipinski definition) is 2. The van der Waals surface area contributed by atoms with Crippen molar-refractivity contribution in [3.63, 3.8) is 0 Å². The second-order valence-corrected chi connectivity index (χ2v) is 12.4. The van der Waals surface area contributed by atoms with Crippen LogP contribution in [-0.2, 0) is 0 Å². The van der Waals surface area contributed by atoms with Crippen LogP contribution in [0.25, 0.3) is 75.7 Å². The SMILES string of the molecule is Brc1ccc2c(-c3ccc(-c4ccccc4)cc3)c3ccccc3c(-c3ccc(-c4nc5ccccc5s4)cc3)c2c1. The lowest BCUT2D eigenvalue weighted by molar-refractivity contribution is 1.48. The van der Waals surface area contributed by atoms with E-state index in [9.17, 15) is 0 Å². The molecule has 0 aliphatic rings. The van der Waals surface area contributed by atoms with Crippen molar-refractivity contribution in [2.24, 2.45) is 0 Å². The van der Waals surface area contributed by atoms with E-state index in [-0.39, 0.29) is 0 Å². The van der Waals surface area contributed by atoms with Crippen molar-refractivity contribution in [2.75, 3.05) is 0 Å². The Hall–Kier alpha value is -4.57. The second-order valence-electron chi connectivity index (χ2n) is 10.5. The molecule has 0 aliphatic carbocycles. The lowest BCUT2D eigenvalue weighted by Gasteiger charge is -2.18. The maximum Gasteiger partial charge on any atom is 0.124 e. The van der Waals surface area contributed by atoms with Crippen molar-refractivity contribution in [3.05, 3.63) is 150 Å². The Bertz CT molecular complexity index is 2200. The second kappa shape index (κ2) is 10.4. The van der Waals surface area contributed by atoms with Crippen LogP contribution in [0.2, 0.25) is 0 Å². The minimum Gasteiger partial charge on any atom is -0.236 e. The normalized spacial score (nSPS) is 11.5. The highest BCUT2D eigenvalue weighted by Gasteiger charge is 2.17. The van der Waals surface area contributed by atoms with Crippen molar-refractivity contribution in [1.29, 1.82) is 0 Å². The van der Waals surface area contributed by atoms with Gasteiger partial charge in [0, 0.05) is 10.0 Å².